The lowest BCUT2D eigenvalue weighted by Crippen LogP contribution is -2.34. The fourth-order valence-electron chi connectivity index (χ4n) is 3.09. The second kappa shape index (κ2) is 10.7. The van der Waals surface area contributed by atoms with Gasteiger partial charge in [0.15, 0.2) is 5.82 Å². The Morgan fingerprint density at radius 1 is 1.16 bits per heavy atom. The van der Waals surface area contributed by atoms with Crippen molar-refractivity contribution in [3.8, 4) is 22.9 Å². The van der Waals surface area contributed by atoms with E-state index < -0.39 is 0 Å². The molecule has 0 fully saturated rings. The van der Waals surface area contributed by atoms with Gasteiger partial charge in [-0.3, -0.25) is 4.79 Å². The van der Waals surface area contributed by atoms with Gasteiger partial charge in [-0.1, -0.05) is 42.1 Å². The SMILES string of the molecule is COc1ccc(-c2nnc(SCC(=O)N[C@H](C)CCc3ccccc3)n2N)c(OC)c1. The number of aryl methyl sites for hydroxylation is 1. The molecule has 9 heteroatoms. The second-order valence-electron chi connectivity index (χ2n) is 7.02. The molecule has 0 bridgehead atoms. The molecule has 3 rings (SSSR count). The van der Waals surface area contributed by atoms with Crippen LogP contribution in [-0.4, -0.2) is 46.8 Å². The normalized spacial score (nSPS) is 11.7. The summed E-state index contributed by atoms with van der Waals surface area (Å²) >= 11 is 1.24. The summed E-state index contributed by atoms with van der Waals surface area (Å²) < 4.78 is 12.0. The lowest BCUT2D eigenvalue weighted by molar-refractivity contribution is -0.119. The van der Waals surface area contributed by atoms with Crippen LogP contribution in [0.3, 0.4) is 0 Å². The zero-order valence-corrected chi connectivity index (χ0v) is 18.7. The summed E-state index contributed by atoms with van der Waals surface area (Å²) in [5.41, 5.74) is 1.94. The van der Waals surface area contributed by atoms with Crippen LogP contribution in [0.5, 0.6) is 11.5 Å². The van der Waals surface area contributed by atoms with Gasteiger partial charge in [0.2, 0.25) is 11.1 Å². The van der Waals surface area contributed by atoms with Crippen molar-refractivity contribution < 1.29 is 14.3 Å². The fraction of sp³-hybridized carbons (Fsp3) is 0.318. The van der Waals surface area contributed by atoms with Crippen LogP contribution in [0.2, 0.25) is 0 Å². The molecule has 3 aromatic rings. The Kier molecular flexibility index (Phi) is 7.77. The molecule has 3 N–H and O–H groups in total. The van der Waals surface area contributed by atoms with Gasteiger partial charge >= 0.3 is 0 Å². The smallest absolute Gasteiger partial charge is 0.230 e. The highest BCUT2D eigenvalue weighted by atomic mass is 32.2. The molecule has 1 atom stereocenters. The molecule has 0 spiro atoms. The number of hydrogen-bond donors (Lipinski definition) is 2. The van der Waals surface area contributed by atoms with E-state index in [1.165, 1.54) is 22.0 Å². The van der Waals surface area contributed by atoms with Gasteiger partial charge in [0.25, 0.3) is 0 Å². The summed E-state index contributed by atoms with van der Waals surface area (Å²) in [5, 5.41) is 11.7. The number of methoxy groups -OCH3 is 2. The minimum absolute atomic E-state index is 0.0721. The maximum absolute atomic E-state index is 12.3. The molecule has 0 aliphatic rings. The third kappa shape index (κ3) is 5.91. The number of benzene rings is 2. The van der Waals surface area contributed by atoms with Crippen molar-refractivity contribution >= 4 is 17.7 Å². The number of amides is 1. The van der Waals surface area contributed by atoms with E-state index >= 15 is 0 Å². The maximum atomic E-state index is 12.3. The molecule has 0 saturated heterocycles. The molecular formula is C22H27N5O3S. The van der Waals surface area contributed by atoms with Crippen LogP contribution in [0.15, 0.2) is 53.7 Å². The Morgan fingerprint density at radius 2 is 1.94 bits per heavy atom. The van der Waals surface area contributed by atoms with Gasteiger partial charge in [-0.05, 0) is 37.5 Å². The van der Waals surface area contributed by atoms with Crippen molar-refractivity contribution in [1.82, 2.24) is 20.2 Å². The molecule has 0 aliphatic carbocycles. The number of ether oxygens (including phenoxy) is 2. The lowest BCUT2D eigenvalue weighted by Gasteiger charge is -2.13. The molecule has 0 aliphatic heterocycles. The van der Waals surface area contributed by atoms with E-state index in [1.54, 1.807) is 32.4 Å². The predicted molar refractivity (Wildman–Crippen MR) is 122 cm³/mol. The Labute approximate surface area is 186 Å². The zero-order valence-electron chi connectivity index (χ0n) is 17.9. The minimum atomic E-state index is -0.0721. The Morgan fingerprint density at radius 3 is 2.65 bits per heavy atom. The summed E-state index contributed by atoms with van der Waals surface area (Å²) in [6.07, 6.45) is 1.79. The maximum Gasteiger partial charge on any atom is 0.230 e. The van der Waals surface area contributed by atoms with E-state index in [-0.39, 0.29) is 17.7 Å². The first kappa shape index (κ1) is 22.5. The first-order chi connectivity index (χ1) is 15.0. The van der Waals surface area contributed by atoms with Crippen molar-refractivity contribution in [3.05, 3.63) is 54.1 Å². The standard InChI is InChI=1S/C22H27N5O3S/c1-15(9-10-16-7-5-4-6-8-16)24-20(28)14-31-22-26-25-21(27(22)23)18-12-11-17(29-2)13-19(18)30-3/h4-8,11-13,15H,9-10,14,23H2,1-3H3,(H,24,28)/t15-/m1/s1. The first-order valence-corrected chi connectivity index (χ1v) is 10.9. The summed E-state index contributed by atoms with van der Waals surface area (Å²) in [7, 11) is 3.15. The number of nitrogens with zero attached hydrogens (tertiary/aromatic N) is 3. The topological polar surface area (TPSA) is 104 Å². The van der Waals surface area contributed by atoms with E-state index in [4.69, 9.17) is 15.3 Å². The fourth-order valence-corrected chi connectivity index (χ4v) is 3.76. The molecule has 31 heavy (non-hydrogen) atoms. The highest BCUT2D eigenvalue weighted by Gasteiger charge is 2.18. The predicted octanol–water partition coefficient (Wildman–Crippen LogP) is 2.91. The minimum Gasteiger partial charge on any atom is -0.497 e. The van der Waals surface area contributed by atoms with E-state index in [0.29, 0.717) is 28.0 Å². The van der Waals surface area contributed by atoms with Gasteiger partial charge in [0.05, 0.1) is 25.5 Å². The van der Waals surface area contributed by atoms with Gasteiger partial charge in [-0.25, -0.2) is 4.68 Å². The second-order valence-corrected chi connectivity index (χ2v) is 7.97. The Balaban J connectivity index is 1.55. The van der Waals surface area contributed by atoms with Gasteiger partial charge in [-0.15, -0.1) is 10.2 Å². The van der Waals surface area contributed by atoms with Crippen molar-refractivity contribution in [2.24, 2.45) is 0 Å². The number of aromatic nitrogens is 3. The summed E-state index contributed by atoms with van der Waals surface area (Å²) in [5.74, 6) is 7.98. The zero-order chi connectivity index (χ0) is 22.2. The number of carbonyl (C=O) groups is 1. The quantitative estimate of drug-likeness (QED) is 0.368. The largest absolute Gasteiger partial charge is 0.497 e. The molecule has 0 unspecified atom stereocenters. The van der Waals surface area contributed by atoms with Crippen LogP contribution in [0.25, 0.3) is 11.4 Å². The number of rotatable bonds is 10. The van der Waals surface area contributed by atoms with E-state index in [2.05, 4.69) is 27.6 Å². The van der Waals surface area contributed by atoms with Crippen molar-refractivity contribution in [2.45, 2.75) is 31.0 Å². The first-order valence-electron chi connectivity index (χ1n) is 9.90. The van der Waals surface area contributed by atoms with Crippen molar-refractivity contribution in [1.29, 1.82) is 0 Å². The third-order valence-corrected chi connectivity index (χ3v) is 5.71. The van der Waals surface area contributed by atoms with Gasteiger partial charge in [-0.2, -0.15) is 0 Å². The average Bonchev–Trinajstić information content (AvgIpc) is 3.16. The number of nitrogen functional groups attached to an aromatic ring is 1. The Bertz CT molecular complexity index is 1010. The highest BCUT2D eigenvalue weighted by molar-refractivity contribution is 7.99. The summed E-state index contributed by atoms with van der Waals surface area (Å²) in [6.45, 7) is 2.00. The van der Waals surface area contributed by atoms with Gasteiger partial charge < -0.3 is 20.6 Å². The van der Waals surface area contributed by atoms with Crippen molar-refractivity contribution in [2.75, 3.05) is 25.8 Å². The average molecular weight is 442 g/mol. The number of thioether (sulfide) groups is 1. The number of carbonyl (C=O) groups excluding carboxylic acids is 1. The summed E-state index contributed by atoms with van der Waals surface area (Å²) in [4.78, 5) is 12.3. The van der Waals surface area contributed by atoms with Gasteiger partial charge in [0, 0.05) is 12.1 Å². The van der Waals surface area contributed by atoms with Crippen LogP contribution in [-0.2, 0) is 11.2 Å². The van der Waals surface area contributed by atoms with Crippen LogP contribution in [0, 0.1) is 0 Å². The molecular weight excluding hydrogens is 414 g/mol. The van der Waals surface area contributed by atoms with E-state index in [0.717, 1.165) is 12.8 Å². The summed E-state index contributed by atoms with van der Waals surface area (Å²) in [6, 6.07) is 15.6. The monoisotopic (exact) mass is 441 g/mol. The molecule has 2 aromatic carbocycles. The van der Waals surface area contributed by atoms with E-state index in [1.807, 2.05) is 25.1 Å². The highest BCUT2D eigenvalue weighted by Crippen LogP contribution is 2.32. The number of nitrogens with two attached hydrogens (primary N) is 1. The number of hydrogen-bond acceptors (Lipinski definition) is 7. The molecule has 1 amide bonds. The van der Waals surface area contributed by atoms with Crippen LogP contribution in [0.1, 0.15) is 18.9 Å². The van der Waals surface area contributed by atoms with Crippen molar-refractivity contribution in [3.63, 3.8) is 0 Å². The molecule has 1 heterocycles. The van der Waals surface area contributed by atoms with Crippen LogP contribution >= 0.6 is 11.8 Å². The van der Waals surface area contributed by atoms with E-state index in [9.17, 15) is 4.79 Å². The number of nitrogens with one attached hydrogen (secondary N) is 1. The van der Waals surface area contributed by atoms with Gasteiger partial charge in [0.1, 0.15) is 11.5 Å². The molecule has 0 saturated carbocycles. The molecule has 1 aromatic heterocycles. The van der Waals surface area contributed by atoms with Crippen LogP contribution in [0.4, 0.5) is 0 Å². The lowest BCUT2D eigenvalue weighted by atomic mass is 10.1. The van der Waals surface area contributed by atoms with Crippen LogP contribution < -0.4 is 20.6 Å². The molecule has 8 nitrogen and oxygen atoms in total. The molecule has 164 valence electrons. The third-order valence-electron chi connectivity index (χ3n) is 4.76. The molecule has 0 radical (unpaired) electrons. The Hall–Kier alpha value is -3.20.